The zero-order valence-corrected chi connectivity index (χ0v) is 8.49. The molecule has 1 aliphatic rings. The lowest BCUT2D eigenvalue weighted by Gasteiger charge is -2.19. The maximum Gasteiger partial charge on any atom is 0.425 e. The summed E-state index contributed by atoms with van der Waals surface area (Å²) >= 11 is 0. The third kappa shape index (κ3) is 3.39. The molecule has 0 aliphatic carbocycles. The smallest absolute Gasteiger partial charge is 0.231 e. The lowest BCUT2D eigenvalue weighted by Crippen LogP contribution is -2.37. The minimum atomic E-state index is -5.20. The van der Waals surface area contributed by atoms with Gasteiger partial charge in [0.25, 0.3) is 0 Å². The summed E-state index contributed by atoms with van der Waals surface area (Å²) in [7, 11) is 0. The second-order valence-electron chi connectivity index (χ2n) is 3.49. The van der Waals surface area contributed by atoms with Crippen LogP contribution in [-0.4, -0.2) is 36.1 Å². The van der Waals surface area contributed by atoms with Crippen molar-refractivity contribution in [3.05, 3.63) is 0 Å². The molecule has 1 rings (SSSR count). The van der Waals surface area contributed by atoms with Gasteiger partial charge in [-0.2, -0.15) is 36.5 Å². The minimum Gasteiger partial charge on any atom is -0.231 e. The maximum absolute atomic E-state index is 12.7. The Balaban J connectivity index is 2.83. The van der Waals surface area contributed by atoms with Crippen LogP contribution in [0.25, 0.3) is 0 Å². The fourth-order valence-corrected chi connectivity index (χ4v) is 1.22. The molecule has 0 fully saturated rings. The van der Waals surface area contributed by atoms with Gasteiger partial charge in [-0.25, -0.2) is 8.78 Å². The molecule has 0 saturated heterocycles. The highest BCUT2D eigenvalue weighted by Gasteiger charge is 2.47. The molecule has 104 valence electrons. The van der Waals surface area contributed by atoms with Crippen molar-refractivity contribution in [2.45, 2.75) is 37.5 Å². The molecule has 1 aliphatic heterocycles. The summed E-state index contributed by atoms with van der Waals surface area (Å²) in [4.78, 5) is 0. The summed E-state index contributed by atoms with van der Waals surface area (Å²) in [5.74, 6) is 0. The first-order valence-electron chi connectivity index (χ1n) is 4.58. The van der Waals surface area contributed by atoms with Gasteiger partial charge in [0, 0.05) is 0 Å². The van der Waals surface area contributed by atoms with E-state index in [2.05, 4.69) is 10.2 Å². The van der Waals surface area contributed by atoms with Crippen LogP contribution in [0.5, 0.6) is 0 Å². The van der Waals surface area contributed by atoms with E-state index in [1.807, 2.05) is 0 Å². The summed E-state index contributed by atoms with van der Waals surface area (Å²) in [6.45, 7) is 0. The molecule has 0 spiro atoms. The number of hydrogen-bond donors (Lipinski definition) is 0. The van der Waals surface area contributed by atoms with E-state index >= 15 is 0 Å². The topological polar surface area (TPSA) is 24.7 Å². The standard InChI is InChI=1S/C8H6F8N2/c9-5(7(11,12)13)3-1-2-4(18-17-3)6(10)8(14,15)16/h5-6H,1-2H2. The third-order valence-electron chi connectivity index (χ3n) is 2.10. The highest BCUT2D eigenvalue weighted by molar-refractivity contribution is 5.99. The predicted molar refractivity (Wildman–Crippen MR) is 46.0 cm³/mol. The molecule has 0 aromatic rings. The van der Waals surface area contributed by atoms with Crippen molar-refractivity contribution in [3.8, 4) is 0 Å². The van der Waals surface area contributed by atoms with E-state index in [0.29, 0.717) is 0 Å². The summed E-state index contributed by atoms with van der Waals surface area (Å²) < 4.78 is 97.0. The fraction of sp³-hybridized carbons (Fsp3) is 0.750. The molecule has 2 unspecified atom stereocenters. The Morgan fingerprint density at radius 3 is 1.17 bits per heavy atom. The summed E-state index contributed by atoms with van der Waals surface area (Å²) in [5.41, 5.74) is -2.11. The molecule has 2 nitrogen and oxygen atoms in total. The highest BCUT2D eigenvalue weighted by Crippen LogP contribution is 2.30. The Bertz CT molecular complexity index is 330. The summed E-state index contributed by atoms with van der Waals surface area (Å²) in [6.07, 6.45) is -18.7. The van der Waals surface area contributed by atoms with Gasteiger partial charge < -0.3 is 0 Å². The van der Waals surface area contributed by atoms with Crippen LogP contribution in [0.4, 0.5) is 35.1 Å². The second kappa shape index (κ2) is 4.81. The molecule has 1 heterocycles. The van der Waals surface area contributed by atoms with E-state index in [1.165, 1.54) is 0 Å². The SMILES string of the molecule is FC(C1=NN=C(C(F)C(F)(F)F)CC1)C(F)(F)F. The number of alkyl halides is 8. The number of rotatable bonds is 2. The minimum absolute atomic E-state index is 0.754. The van der Waals surface area contributed by atoms with Crippen molar-refractivity contribution >= 4 is 11.4 Å². The quantitative estimate of drug-likeness (QED) is 0.694. The van der Waals surface area contributed by atoms with Crippen molar-refractivity contribution in [2.75, 3.05) is 0 Å². The fourth-order valence-electron chi connectivity index (χ4n) is 1.22. The van der Waals surface area contributed by atoms with Gasteiger partial charge in [0.1, 0.15) is 0 Å². The van der Waals surface area contributed by atoms with Crippen molar-refractivity contribution in [2.24, 2.45) is 10.2 Å². The summed E-state index contributed by atoms with van der Waals surface area (Å²) in [5, 5.41) is 5.36. The Kier molecular flexibility index (Phi) is 3.96. The van der Waals surface area contributed by atoms with Gasteiger partial charge in [0.15, 0.2) is 0 Å². The molecular formula is C8H6F8N2. The third-order valence-corrected chi connectivity index (χ3v) is 2.10. The molecular weight excluding hydrogens is 276 g/mol. The highest BCUT2D eigenvalue weighted by atomic mass is 19.4. The van der Waals surface area contributed by atoms with Crippen LogP contribution < -0.4 is 0 Å². The van der Waals surface area contributed by atoms with Crippen molar-refractivity contribution in [3.63, 3.8) is 0 Å². The monoisotopic (exact) mass is 282 g/mol. The number of nitrogens with zero attached hydrogens (tertiary/aromatic N) is 2. The average Bonchev–Trinajstić information content (AvgIpc) is 2.25. The van der Waals surface area contributed by atoms with Crippen LogP contribution in [0.2, 0.25) is 0 Å². The second-order valence-corrected chi connectivity index (χ2v) is 3.49. The molecule has 0 amide bonds. The van der Waals surface area contributed by atoms with Gasteiger partial charge in [-0.3, -0.25) is 0 Å². The molecule has 18 heavy (non-hydrogen) atoms. The zero-order chi connectivity index (χ0) is 14.1. The average molecular weight is 282 g/mol. The molecule has 0 radical (unpaired) electrons. The molecule has 2 atom stereocenters. The van der Waals surface area contributed by atoms with E-state index in [1.54, 1.807) is 0 Å². The van der Waals surface area contributed by atoms with Gasteiger partial charge in [0.05, 0.1) is 11.4 Å². The van der Waals surface area contributed by atoms with Gasteiger partial charge in [0.2, 0.25) is 12.3 Å². The van der Waals surface area contributed by atoms with Crippen LogP contribution in [0.15, 0.2) is 10.2 Å². The van der Waals surface area contributed by atoms with Gasteiger partial charge in [-0.05, 0) is 12.8 Å². The molecule has 0 aromatic heterocycles. The van der Waals surface area contributed by atoms with Gasteiger partial charge in [-0.1, -0.05) is 0 Å². The lowest BCUT2D eigenvalue weighted by atomic mass is 10.0. The van der Waals surface area contributed by atoms with Crippen LogP contribution in [-0.2, 0) is 0 Å². The van der Waals surface area contributed by atoms with Crippen molar-refractivity contribution in [1.29, 1.82) is 0 Å². The van der Waals surface area contributed by atoms with Crippen LogP contribution in [0.3, 0.4) is 0 Å². The molecule has 10 heteroatoms. The van der Waals surface area contributed by atoms with E-state index in [9.17, 15) is 35.1 Å². The van der Waals surface area contributed by atoms with E-state index in [-0.39, 0.29) is 0 Å². The molecule has 0 N–H and O–H groups in total. The van der Waals surface area contributed by atoms with Crippen molar-refractivity contribution in [1.82, 2.24) is 0 Å². The normalized spacial score (nSPS) is 21.1. The molecule has 0 aromatic carbocycles. The van der Waals surface area contributed by atoms with Crippen LogP contribution in [0, 0.1) is 0 Å². The Labute approximate surface area is 95.4 Å². The Morgan fingerprint density at radius 2 is 1.00 bits per heavy atom. The lowest BCUT2D eigenvalue weighted by molar-refractivity contribution is -0.162. The van der Waals surface area contributed by atoms with E-state index in [0.717, 1.165) is 0 Å². The molecule has 0 saturated carbocycles. The summed E-state index contributed by atoms with van der Waals surface area (Å²) in [6, 6.07) is 0. The number of halogens is 8. The first-order chi connectivity index (χ1) is 8.03. The predicted octanol–water partition coefficient (Wildman–Crippen LogP) is 3.38. The Morgan fingerprint density at radius 1 is 0.722 bits per heavy atom. The zero-order valence-electron chi connectivity index (χ0n) is 8.49. The maximum atomic E-state index is 12.7. The van der Waals surface area contributed by atoms with E-state index in [4.69, 9.17) is 0 Å². The molecule has 0 bridgehead atoms. The Hall–Kier alpha value is -1.22. The number of hydrogen-bond acceptors (Lipinski definition) is 2. The van der Waals surface area contributed by atoms with Gasteiger partial charge in [-0.15, -0.1) is 0 Å². The van der Waals surface area contributed by atoms with Crippen LogP contribution >= 0.6 is 0 Å². The van der Waals surface area contributed by atoms with Crippen LogP contribution in [0.1, 0.15) is 12.8 Å². The largest absolute Gasteiger partial charge is 0.425 e. The first-order valence-corrected chi connectivity index (χ1v) is 4.58. The van der Waals surface area contributed by atoms with Gasteiger partial charge >= 0.3 is 12.4 Å². The van der Waals surface area contributed by atoms with E-state index < -0.39 is 49.0 Å². The first kappa shape index (κ1) is 14.8. The van der Waals surface area contributed by atoms with Crippen molar-refractivity contribution < 1.29 is 35.1 Å².